The van der Waals surface area contributed by atoms with Crippen molar-refractivity contribution in [2.24, 2.45) is 0 Å². The smallest absolute Gasteiger partial charge is 0.278 e. The third kappa shape index (κ3) is 3.52. The fourth-order valence-corrected chi connectivity index (χ4v) is 3.10. The summed E-state index contributed by atoms with van der Waals surface area (Å²) in [6.45, 7) is 0. The lowest BCUT2D eigenvalue weighted by Gasteiger charge is -2.20. The van der Waals surface area contributed by atoms with Gasteiger partial charge in [0, 0.05) is 6.07 Å². The number of hydrogen-bond acceptors (Lipinski definition) is 10. The molecule has 0 aliphatic carbocycles. The zero-order valence-electron chi connectivity index (χ0n) is 11.2. The number of nitro benzene ring substituents is 1. The minimum absolute atomic E-state index is 0.114. The molecule has 23 heavy (non-hydrogen) atoms. The number of rotatable bonds is 6. The molecular weight excluding hydrogens is 362 g/mol. The van der Waals surface area contributed by atoms with E-state index >= 15 is 0 Å². The third-order valence-corrected chi connectivity index (χ3v) is 4.35. The molecule has 12 heteroatoms. The van der Waals surface area contributed by atoms with Crippen molar-refractivity contribution in [3.8, 4) is 0 Å². The zero-order chi connectivity index (χ0) is 16.2. The SMILES string of the molecule is O=[N+]([O-])c1cccc(Cl)c1C(Nc1nncs1)Nc1nncs1. The summed E-state index contributed by atoms with van der Waals surface area (Å²) in [5.74, 6) is 0. The molecule has 0 unspecified atom stereocenters. The van der Waals surface area contributed by atoms with E-state index in [1.165, 1.54) is 34.8 Å². The van der Waals surface area contributed by atoms with Crippen LogP contribution in [0.1, 0.15) is 11.7 Å². The van der Waals surface area contributed by atoms with Crippen LogP contribution in [0.25, 0.3) is 0 Å². The van der Waals surface area contributed by atoms with Crippen LogP contribution in [0.15, 0.2) is 29.2 Å². The highest BCUT2D eigenvalue weighted by Crippen LogP contribution is 2.35. The Bertz CT molecular complexity index is 761. The molecule has 0 aliphatic heterocycles. The quantitative estimate of drug-likeness (QED) is 0.386. The van der Waals surface area contributed by atoms with Crippen molar-refractivity contribution in [1.82, 2.24) is 20.4 Å². The normalized spacial score (nSPS) is 10.7. The summed E-state index contributed by atoms with van der Waals surface area (Å²) >= 11 is 8.72. The van der Waals surface area contributed by atoms with Crippen LogP contribution in [0.4, 0.5) is 16.0 Å². The first-order chi connectivity index (χ1) is 11.1. The van der Waals surface area contributed by atoms with Gasteiger partial charge >= 0.3 is 0 Å². The minimum atomic E-state index is -0.718. The van der Waals surface area contributed by atoms with Crippen LogP contribution >= 0.6 is 34.3 Å². The Morgan fingerprint density at radius 2 is 1.74 bits per heavy atom. The van der Waals surface area contributed by atoms with Gasteiger partial charge in [-0.15, -0.1) is 20.4 Å². The minimum Gasteiger partial charge on any atom is -0.336 e. The van der Waals surface area contributed by atoms with E-state index in [9.17, 15) is 10.1 Å². The number of aromatic nitrogens is 4. The van der Waals surface area contributed by atoms with Gasteiger partial charge in [-0.1, -0.05) is 40.3 Å². The first kappa shape index (κ1) is 15.5. The Kier molecular flexibility index (Phi) is 4.60. The molecule has 0 radical (unpaired) electrons. The van der Waals surface area contributed by atoms with Crippen molar-refractivity contribution in [3.05, 3.63) is 49.9 Å². The molecule has 0 atom stereocenters. The van der Waals surface area contributed by atoms with E-state index in [1.807, 2.05) is 0 Å². The second kappa shape index (κ2) is 6.81. The number of nitro groups is 1. The molecule has 3 aromatic rings. The first-order valence-electron chi connectivity index (χ1n) is 6.13. The summed E-state index contributed by atoms with van der Waals surface area (Å²) in [6.07, 6.45) is -0.718. The van der Waals surface area contributed by atoms with E-state index in [0.717, 1.165) is 0 Å². The van der Waals surface area contributed by atoms with Crippen LogP contribution in [0.2, 0.25) is 5.02 Å². The highest BCUT2D eigenvalue weighted by Gasteiger charge is 2.26. The van der Waals surface area contributed by atoms with Crippen LogP contribution in [-0.4, -0.2) is 25.3 Å². The number of anilines is 2. The van der Waals surface area contributed by atoms with Crippen molar-refractivity contribution in [2.75, 3.05) is 10.6 Å². The summed E-state index contributed by atoms with van der Waals surface area (Å²) in [5.41, 5.74) is 3.26. The van der Waals surface area contributed by atoms with Gasteiger partial charge in [-0.2, -0.15) is 0 Å². The van der Waals surface area contributed by atoms with Gasteiger partial charge < -0.3 is 10.6 Å². The second-order valence-electron chi connectivity index (χ2n) is 4.14. The molecule has 0 spiro atoms. The lowest BCUT2D eigenvalue weighted by Crippen LogP contribution is -2.21. The van der Waals surface area contributed by atoms with Crippen LogP contribution in [0.5, 0.6) is 0 Å². The molecule has 9 nitrogen and oxygen atoms in total. The highest BCUT2D eigenvalue weighted by atomic mass is 35.5. The maximum Gasteiger partial charge on any atom is 0.278 e. The van der Waals surface area contributed by atoms with Gasteiger partial charge in [0.1, 0.15) is 17.2 Å². The molecule has 1 aromatic carbocycles. The Balaban J connectivity index is 2.02. The maximum atomic E-state index is 11.3. The van der Waals surface area contributed by atoms with Gasteiger partial charge in [0.2, 0.25) is 10.3 Å². The molecule has 0 amide bonds. The Morgan fingerprint density at radius 1 is 1.13 bits per heavy atom. The Morgan fingerprint density at radius 3 is 2.22 bits per heavy atom. The summed E-state index contributed by atoms with van der Waals surface area (Å²) in [4.78, 5) is 10.8. The second-order valence-corrected chi connectivity index (χ2v) is 6.21. The highest BCUT2D eigenvalue weighted by molar-refractivity contribution is 7.13. The van der Waals surface area contributed by atoms with Crippen LogP contribution in [0, 0.1) is 10.1 Å². The van der Waals surface area contributed by atoms with E-state index < -0.39 is 11.1 Å². The van der Waals surface area contributed by atoms with Gasteiger partial charge in [-0.3, -0.25) is 10.1 Å². The van der Waals surface area contributed by atoms with Crippen molar-refractivity contribution in [1.29, 1.82) is 0 Å². The average molecular weight is 370 g/mol. The summed E-state index contributed by atoms with van der Waals surface area (Å²) in [6, 6.07) is 4.50. The number of benzene rings is 1. The lowest BCUT2D eigenvalue weighted by molar-refractivity contribution is -0.385. The van der Waals surface area contributed by atoms with Gasteiger partial charge in [0.25, 0.3) is 5.69 Å². The van der Waals surface area contributed by atoms with E-state index in [0.29, 0.717) is 10.3 Å². The van der Waals surface area contributed by atoms with E-state index in [2.05, 4.69) is 31.0 Å². The van der Waals surface area contributed by atoms with Crippen LogP contribution in [0.3, 0.4) is 0 Å². The van der Waals surface area contributed by atoms with Gasteiger partial charge in [-0.05, 0) is 6.07 Å². The molecule has 0 fully saturated rings. The van der Waals surface area contributed by atoms with Gasteiger partial charge in [0.05, 0.1) is 15.5 Å². The number of nitrogens with zero attached hydrogens (tertiary/aromatic N) is 5. The molecule has 0 saturated carbocycles. The Hall–Kier alpha value is -2.37. The van der Waals surface area contributed by atoms with E-state index in [-0.39, 0.29) is 16.3 Å². The first-order valence-corrected chi connectivity index (χ1v) is 8.27. The summed E-state index contributed by atoms with van der Waals surface area (Å²) < 4.78 is 0. The number of halogens is 1. The lowest BCUT2D eigenvalue weighted by atomic mass is 10.1. The third-order valence-electron chi connectivity index (χ3n) is 2.77. The van der Waals surface area contributed by atoms with Crippen molar-refractivity contribution < 1.29 is 4.92 Å². The molecule has 3 rings (SSSR count). The summed E-state index contributed by atoms with van der Waals surface area (Å²) in [7, 11) is 0. The van der Waals surface area contributed by atoms with Crippen molar-refractivity contribution in [3.63, 3.8) is 0 Å². The molecule has 2 N–H and O–H groups in total. The van der Waals surface area contributed by atoms with Crippen LogP contribution in [-0.2, 0) is 0 Å². The Labute approximate surface area is 142 Å². The largest absolute Gasteiger partial charge is 0.336 e. The monoisotopic (exact) mass is 369 g/mol. The van der Waals surface area contributed by atoms with Crippen LogP contribution < -0.4 is 10.6 Å². The zero-order valence-corrected chi connectivity index (χ0v) is 13.6. The van der Waals surface area contributed by atoms with Gasteiger partial charge in [0.15, 0.2) is 0 Å². The topological polar surface area (TPSA) is 119 Å². The van der Waals surface area contributed by atoms with Crippen molar-refractivity contribution in [2.45, 2.75) is 6.17 Å². The van der Waals surface area contributed by atoms with Crippen molar-refractivity contribution >= 4 is 50.2 Å². The van der Waals surface area contributed by atoms with E-state index in [1.54, 1.807) is 17.1 Å². The number of nitrogens with one attached hydrogen (secondary N) is 2. The average Bonchev–Trinajstić information content (AvgIpc) is 3.20. The predicted molar refractivity (Wildman–Crippen MR) is 87.9 cm³/mol. The maximum absolute atomic E-state index is 11.3. The van der Waals surface area contributed by atoms with Gasteiger partial charge in [-0.25, -0.2) is 0 Å². The molecule has 2 heterocycles. The molecule has 2 aromatic heterocycles. The summed E-state index contributed by atoms with van der Waals surface area (Å²) in [5, 5.41) is 33.9. The molecule has 0 saturated heterocycles. The predicted octanol–water partition coefficient (Wildman–Crippen LogP) is 3.17. The molecular formula is C11H8ClN7O2S2. The van der Waals surface area contributed by atoms with E-state index in [4.69, 9.17) is 11.6 Å². The molecule has 118 valence electrons. The number of hydrogen-bond donors (Lipinski definition) is 2. The fourth-order valence-electron chi connectivity index (χ4n) is 1.87. The standard InChI is InChI=1S/C11H8ClN7O2S2/c12-6-2-1-3-7(19(20)21)8(6)9(15-10-17-13-4-22-10)16-11-18-14-5-23-11/h1-5,9H,(H,15,17)(H,16,18). The molecule has 0 bridgehead atoms. The molecule has 0 aliphatic rings. The fraction of sp³-hybridized carbons (Fsp3) is 0.0909.